The van der Waals surface area contributed by atoms with Crippen molar-refractivity contribution in [3.8, 4) is 0 Å². The molecule has 1 unspecified atom stereocenters. The van der Waals surface area contributed by atoms with E-state index in [0.29, 0.717) is 48.2 Å². The number of halogens is 2. The minimum absolute atomic E-state index is 0.0804. The van der Waals surface area contributed by atoms with Crippen molar-refractivity contribution in [2.24, 2.45) is 0 Å². The third-order valence-corrected chi connectivity index (χ3v) is 5.97. The molecule has 2 aliphatic rings. The molecule has 0 aliphatic carbocycles. The van der Waals surface area contributed by atoms with E-state index in [9.17, 15) is 14.0 Å². The Labute approximate surface area is 197 Å². The molecule has 1 fully saturated rings. The zero-order valence-electron chi connectivity index (χ0n) is 18.6. The number of ether oxygens (including phenoxy) is 1. The monoisotopic (exact) mass is 472 g/mol. The van der Waals surface area contributed by atoms with Gasteiger partial charge in [0.1, 0.15) is 5.82 Å². The minimum Gasteiger partial charge on any atom is -0.383 e. The van der Waals surface area contributed by atoms with E-state index in [2.05, 4.69) is 5.43 Å². The third-order valence-electron chi connectivity index (χ3n) is 5.73. The average Bonchev–Trinajstić information content (AvgIpc) is 3.09. The molecule has 2 amide bonds. The number of likely N-dealkylation sites (N-methyl/N-ethyl adjacent to an activating group) is 1. The van der Waals surface area contributed by atoms with E-state index < -0.39 is 6.04 Å². The van der Waals surface area contributed by atoms with E-state index in [1.807, 2.05) is 18.0 Å². The van der Waals surface area contributed by atoms with Crippen LogP contribution in [-0.2, 0) is 20.9 Å². The normalized spacial score (nSPS) is 18.5. The number of hydrogen-bond donors (Lipinski definition) is 1. The Balaban J connectivity index is 1.66. The fraction of sp³-hybridized carbons (Fsp3) is 0.333. The van der Waals surface area contributed by atoms with Crippen LogP contribution in [0.5, 0.6) is 0 Å². The molecule has 7 nitrogen and oxygen atoms in total. The smallest absolute Gasteiger partial charge is 0.272 e. The summed E-state index contributed by atoms with van der Waals surface area (Å²) in [5.41, 5.74) is 5.78. The Morgan fingerprint density at radius 3 is 2.70 bits per heavy atom. The summed E-state index contributed by atoms with van der Waals surface area (Å²) >= 11 is 6.13. The van der Waals surface area contributed by atoms with Crippen molar-refractivity contribution in [1.29, 1.82) is 0 Å². The molecule has 1 atom stereocenters. The first-order valence-electron chi connectivity index (χ1n) is 10.7. The number of nitrogens with zero attached hydrogens (tertiary/aromatic N) is 3. The maximum Gasteiger partial charge on any atom is 0.272 e. The van der Waals surface area contributed by atoms with Crippen LogP contribution in [0.15, 0.2) is 59.8 Å². The van der Waals surface area contributed by atoms with Gasteiger partial charge in [0.25, 0.3) is 5.91 Å². The molecule has 1 saturated heterocycles. The zero-order valence-corrected chi connectivity index (χ0v) is 19.3. The highest BCUT2D eigenvalue weighted by Gasteiger charge is 2.44. The standard InChI is InChI=1S/C24H26ClFN4O3/c1-28(14-16-5-3-7-18(26)11-16)15-21-23-20(13-22(31)29(21)9-10-33-2)27-30(24(23)32)19-8-4-6-17(25)12-19/h3-8,11-12,20,27H,9-10,13-15H2,1-2H3. The number of hydrazine groups is 1. The van der Waals surface area contributed by atoms with E-state index in [1.54, 1.807) is 42.3 Å². The lowest BCUT2D eigenvalue weighted by molar-refractivity contribution is -0.131. The van der Waals surface area contributed by atoms with Gasteiger partial charge in [0, 0.05) is 43.9 Å². The van der Waals surface area contributed by atoms with Gasteiger partial charge in [0.2, 0.25) is 5.91 Å². The molecule has 4 rings (SSSR count). The van der Waals surface area contributed by atoms with E-state index in [1.165, 1.54) is 17.1 Å². The van der Waals surface area contributed by atoms with E-state index in [0.717, 1.165) is 5.56 Å². The lowest BCUT2D eigenvalue weighted by Crippen LogP contribution is -2.46. The molecule has 0 bridgehead atoms. The number of amides is 2. The van der Waals surface area contributed by atoms with Crippen molar-refractivity contribution < 1.29 is 18.7 Å². The molecule has 2 heterocycles. The molecule has 0 radical (unpaired) electrons. The topological polar surface area (TPSA) is 65.1 Å². The summed E-state index contributed by atoms with van der Waals surface area (Å²) in [5.74, 6) is -0.598. The van der Waals surface area contributed by atoms with Crippen LogP contribution in [0.4, 0.5) is 10.1 Å². The van der Waals surface area contributed by atoms with Crippen LogP contribution < -0.4 is 10.4 Å². The number of hydrogen-bond acceptors (Lipinski definition) is 5. The van der Waals surface area contributed by atoms with Crippen molar-refractivity contribution in [3.05, 3.63) is 76.2 Å². The van der Waals surface area contributed by atoms with Crippen LogP contribution in [0.1, 0.15) is 12.0 Å². The maximum absolute atomic E-state index is 13.6. The summed E-state index contributed by atoms with van der Waals surface area (Å²) in [4.78, 5) is 30.1. The molecule has 2 aliphatic heterocycles. The highest BCUT2D eigenvalue weighted by molar-refractivity contribution is 6.31. The second kappa shape index (κ2) is 10.0. The first kappa shape index (κ1) is 23.4. The first-order valence-corrected chi connectivity index (χ1v) is 11.1. The highest BCUT2D eigenvalue weighted by Crippen LogP contribution is 2.33. The van der Waals surface area contributed by atoms with Crippen LogP contribution in [0, 0.1) is 5.82 Å². The number of nitrogens with one attached hydrogen (secondary N) is 1. The van der Waals surface area contributed by atoms with Crippen LogP contribution in [0.3, 0.4) is 0 Å². The number of anilines is 1. The van der Waals surface area contributed by atoms with Gasteiger partial charge in [-0.25, -0.2) is 14.8 Å². The maximum atomic E-state index is 13.6. The summed E-state index contributed by atoms with van der Waals surface area (Å²) in [6, 6.07) is 13.0. The van der Waals surface area contributed by atoms with Crippen molar-refractivity contribution in [1.82, 2.24) is 15.2 Å². The number of fused-ring (bicyclic) bond motifs is 1. The molecular formula is C24H26ClFN4O3. The van der Waals surface area contributed by atoms with Gasteiger partial charge in [-0.15, -0.1) is 0 Å². The number of methoxy groups -OCH3 is 1. The molecule has 2 aromatic rings. The van der Waals surface area contributed by atoms with Crippen LogP contribution in [0.25, 0.3) is 0 Å². The predicted molar refractivity (Wildman–Crippen MR) is 124 cm³/mol. The summed E-state index contributed by atoms with van der Waals surface area (Å²) in [6.45, 7) is 1.50. The molecule has 33 heavy (non-hydrogen) atoms. The largest absolute Gasteiger partial charge is 0.383 e. The van der Waals surface area contributed by atoms with E-state index in [-0.39, 0.29) is 24.1 Å². The van der Waals surface area contributed by atoms with Crippen molar-refractivity contribution in [2.45, 2.75) is 19.0 Å². The van der Waals surface area contributed by atoms with Gasteiger partial charge >= 0.3 is 0 Å². The number of carbonyl (C=O) groups excluding carboxylic acids is 2. The van der Waals surface area contributed by atoms with Gasteiger partial charge in [-0.2, -0.15) is 0 Å². The van der Waals surface area contributed by atoms with E-state index >= 15 is 0 Å². The molecule has 1 N–H and O–H groups in total. The van der Waals surface area contributed by atoms with Gasteiger partial charge in [0.15, 0.2) is 0 Å². The zero-order chi connectivity index (χ0) is 23.5. The Bertz CT molecular complexity index is 1090. The average molecular weight is 473 g/mol. The molecule has 0 aromatic heterocycles. The Morgan fingerprint density at radius 2 is 1.97 bits per heavy atom. The van der Waals surface area contributed by atoms with Crippen LogP contribution in [-0.4, -0.2) is 61.5 Å². The van der Waals surface area contributed by atoms with Gasteiger partial charge in [0.05, 0.1) is 23.9 Å². The van der Waals surface area contributed by atoms with Crippen molar-refractivity contribution >= 4 is 29.1 Å². The predicted octanol–water partition coefficient (Wildman–Crippen LogP) is 2.96. The van der Waals surface area contributed by atoms with E-state index in [4.69, 9.17) is 16.3 Å². The summed E-state index contributed by atoms with van der Waals surface area (Å²) in [7, 11) is 3.45. The quantitative estimate of drug-likeness (QED) is 0.640. The summed E-state index contributed by atoms with van der Waals surface area (Å²) < 4.78 is 18.8. The number of carbonyl (C=O) groups is 2. The second-order valence-corrected chi connectivity index (χ2v) is 8.64. The van der Waals surface area contributed by atoms with Gasteiger partial charge in [-0.1, -0.05) is 29.8 Å². The molecule has 9 heteroatoms. The Morgan fingerprint density at radius 1 is 1.18 bits per heavy atom. The third kappa shape index (κ3) is 5.09. The van der Waals surface area contributed by atoms with Crippen molar-refractivity contribution in [2.75, 3.05) is 38.9 Å². The van der Waals surface area contributed by atoms with Gasteiger partial charge < -0.3 is 9.64 Å². The molecule has 174 valence electrons. The minimum atomic E-state index is -0.430. The molecular weight excluding hydrogens is 447 g/mol. The highest BCUT2D eigenvalue weighted by atomic mass is 35.5. The van der Waals surface area contributed by atoms with Crippen LogP contribution in [0.2, 0.25) is 5.02 Å². The van der Waals surface area contributed by atoms with Crippen LogP contribution >= 0.6 is 11.6 Å². The Kier molecular flexibility index (Phi) is 7.09. The first-order chi connectivity index (χ1) is 15.9. The SMILES string of the molecule is COCCN1C(=O)CC2NN(c3cccc(Cl)c3)C(=O)C2=C1CN(C)Cc1cccc(F)c1. The summed E-state index contributed by atoms with van der Waals surface area (Å²) in [6.07, 6.45) is 0.166. The fourth-order valence-electron chi connectivity index (χ4n) is 4.28. The fourth-order valence-corrected chi connectivity index (χ4v) is 4.46. The molecule has 2 aromatic carbocycles. The Hall–Kier alpha value is -2.78. The van der Waals surface area contributed by atoms with Gasteiger partial charge in [-0.3, -0.25) is 14.5 Å². The second-order valence-electron chi connectivity index (χ2n) is 8.21. The number of rotatable bonds is 8. The van der Waals surface area contributed by atoms with Crippen molar-refractivity contribution in [3.63, 3.8) is 0 Å². The lowest BCUT2D eigenvalue weighted by Gasteiger charge is -2.34. The molecule has 0 spiro atoms. The molecule has 0 saturated carbocycles. The van der Waals surface area contributed by atoms with Gasteiger partial charge in [-0.05, 0) is 42.9 Å². The number of benzene rings is 2. The summed E-state index contributed by atoms with van der Waals surface area (Å²) in [5, 5.41) is 1.96. The lowest BCUT2D eigenvalue weighted by atomic mass is 9.96.